The van der Waals surface area contributed by atoms with Crippen LogP contribution >= 0.6 is 0 Å². The van der Waals surface area contributed by atoms with E-state index in [-0.39, 0.29) is 6.04 Å². The second kappa shape index (κ2) is 6.00. The van der Waals surface area contributed by atoms with Gasteiger partial charge in [-0.05, 0) is 18.8 Å². The van der Waals surface area contributed by atoms with E-state index < -0.39 is 0 Å². The second-order valence-electron chi connectivity index (χ2n) is 5.38. The minimum Gasteiger partial charge on any atom is -0.370 e. The van der Waals surface area contributed by atoms with Crippen LogP contribution in [0.3, 0.4) is 0 Å². The van der Waals surface area contributed by atoms with Gasteiger partial charge in [0.15, 0.2) is 0 Å². The van der Waals surface area contributed by atoms with Crippen LogP contribution in [0.5, 0.6) is 0 Å². The van der Waals surface area contributed by atoms with Gasteiger partial charge in [0.1, 0.15) is 18.0 Å². The zero-order chi connectivity index (χ0) is 13.0. The van der Waals surface area contributed by atoms with Gasteiger partial charge >= 0.3 is 0 Å². The molecule has 5 nitrogen and oxygen atoms in total. The first-order valence-electron chi connectivity index (χ1n) is 6.71. The van der Waals surface area contributed by atoms with Crippen molar-refractivity contribution in [3.8, 4) is 0 Å². The van der Waals surface area contributed by atoms with Gasteiger partial charge in [0.05, 0.1) is 0 Å². The molecule has 1 unspecified atom stereocenters. The van der Waals surface area contributed by atoms with Crippen molar-refractivity contribution in [3.05, 3.63) is 12.4 Å². The minimum absolute atomic E-state index is 0.265. The number of rotatable bonds is 4. The Bertz CT molecular complexity index is 379. The van der Waals surface area contributed by atoms with Gasteiger partial charge in [-0.15, -0.1) is 0 Å². The van der Waals surface area contributed by atoms with E-state index in [2.05, 4.69) is 34.0 Å². The maximum Gasteiger partial charge on any atom is 0.134 e. The van der Waals surface area contributed by atoms with E-state index in [0.29, 0.717) is 5.92 Å². The fourth-order valence-corrected chi connectivity index (χ4v) is 2.14. The standard InChI is InChI=1S/C13H23N5/c1-10(2)7-15-12-6-13(17-9-16-12)18-5-3-4-11(14)8-18/h6,9-11H,3-5,7-8,14H2,1-2H3,(H,15,16,17). The molecule has 5 heteroatoms. The minimum atomic E-state index is 0.265. The maximum atomic E-state index is 6.00. The van der Waals surface area contributed by atoms with Crippen molar-refractivity contribution in [3.63, 3.8) is 0 Å². The summed E-state index contributed by atoms with van der Waals surface area (Å²) in [6, 6.07) is 2.28. The molecule has 1 aromatic rings. The number of hydrogen-bond donors (Lipinski definition) is 2. The van der Waals surface area contributed by atoms with E-state index in [1.165, 1.54) is 0 Å². The Balaban J connectivity index is 2.02. The predicted molar refractivity (Wildman–Crippen MR) is 74.8 cm³/mol. The highest BCUT2D eigenvalue weighted by Gasteiger charge is 2.18. The molecule has 1 aromatic heterocycles. The van der Waals surface area contributed by atoms with Gasteiger partial charge in [0, 0.05) is 31.7 Å². The van der Waals surface area contributed by atoms with Crippen LogP contribution in [0, 0.1) is 5.92 Å². The van der Waals surface area contributed by atoms with E-state index >= 15 is 0 Å². The molecule has 0 bridgehead atoms. The molecule has 3 N–H and O–H groups in total. The number of nitrogens with one attached hydrogen (secondary N) is 1. The van der Waals surface area contributed by atoms with E-state index in [4.69, 9.17) is 5.73 Å². The summed E-state index contributed by atoms with van der Waals surface area (Å²) in [5, 5.41) is 3.33. The van der Waals surface area contributed by atoms with Gasteiger partial charge in [-0.2, -0.15) is 0 Å². The van der Waals surface area contributed by atoms with Crippen LogP contribution in [-0.4, -0.2) is 35.6 Å². The second-order valence-corrected chi connectivity index (χ2v) is 5.38. The number of nitrogens with zero attached hydrogens (tertiary/aromatic N) is 3. The molecule has 1 atom stereocenters. The predicted octanol–water partition coefficient (Wildman–Crippen LogP) is 1.47. The third-order valence-electron chi connectivity index (χ3n) is 3.13. The van der Waals surface area contributed by atoms with Crippen molar-refractivity contribution < 1.29 is 0 Å². The molecule has 1 aliphatic rings. The number of anilines is 2. The lowest BCUT2D eigenvalue weighted by molar-refractivity contribution is 0.503. The topological polar surface area (TPSA) is 67.1 Å². The molecule has 0 radical (unpaired) electrons. The lowest BCUT2D eigenvalue weighted by Gasteiger charge is -2.31. The molecule has 0 amide bonds. The molecule has 100 valence electrons. The van der Waals surface area contributed by atoms with E-state index in [0.717, 1.165) is 44.1 Å². The zero-order valence-corrected chi connectivity index (χ0v) is 11.3. The largest absolute Gasteiger partial charge is 0.370 e. The zero-order valence-electron chi connectivity index (χ0n) is 11.3. The van der Waals surface area contributed by atoms with Crippen LogP contribution in [0.2, 0.25) is 0 Å². The average molecular weight is 249 g/mol. The van der Waals surface area contributed by atoms with Crippen molar-refractivity contribution in [1.29, 1.82) is 0 Å². The van der Waals surface area contributed by atoms with Crippen molar-refractivity contribution in [2.24, 2.45) is 11.7 Å². The normalized spacial score (nSPS) is 20.2. The molecule has 1 fully saturated rings. The average Bonchev–Trinajstić information content (AvgIpc) is 2.37. The molecule has 1 aliphatic heterocycles. The van der Waals surface area contributed by atoms with Crippen LogP contribution in [-0.2, 0) is 0 Å². The molecule has 0 aromatic carbocycles. The molecule has 0 aliphatic carbocycles. The summed E-state index contributed by atoms with van der Waals surface area (Å²) in [6.45, 7) is 7.21. The van der Waals surface area contributed by atoms with Crippen LogP contribution < -0.4 is 16.0 Å². The Morgan fingerprint density at radius 2 is 2.33 bits per heavy atom. The highest BCUT2D eigenvalue weighted by atomic mass is 15.2. The van der Waals surface area contributed by atoms with Crippen molar-refractivity contribution in [1.82, 2.24) is 9.97 Å². The Morgan fingerprint density at radius 1 is 1.50 bits per heavy atom. The van der Waals surface area contributed by atoms with Gasteiger partial charge in [0.25, 0.3) is 0 Å². The van der Waals surface area contributed by atoms with E-state index in [1.54, 1.807) is 6.33 Å². The van der Waals surface area contributed by atoms with Gasteiger partial charge < -0.3 is 16.0 Å². The summed E-state index contributed by atoms with van der Waals surface area (Å²) in [5.74, 6) is 2.48. The fourth-order valence-electron chi connectivity index (χ4n) is 2.14. The molecule has 1 saturated heterocycles. The first kappa shape index (κ1) is 13.1. The van der Waals surface area contributed by atoms with Gasteiger partial charge in [-0.3, -0.25) is 0 Å². The van der Waals surface area contributed by atoms with Crippen molar-refractivity contribution >= 4 is 11.6 Å². The van der Waals surface area contributed by atoms with Gasteiger partial charge in [-0.25, -0.2) is 9.97 Å². The lowest BCUT2D eigenvalue weighted by Crippen LogP contribution is -2.43. The number of aromatic nitrogens is 2. The summed E-state index contributed by atoms with van der Waals surface area (Å²) in [5.41, 5.74) is 6.00. The molecule has 18 heavy (non-hydrogen) atoms. The Hall–Kier alpha value is -1.36. The Kier molecular flexibility index (Phi) is 4.36. The van der Waals surface area contributed by atoms with Gasteiger partial charge in [-0.1, -0.05) is 13.8 Å². The number of piperidine rings is 1. The highest BCUT2D eigenvalue weighted by molar-refractivity contribution is 5.48. The summed E-state index contributed by atoms with van der Waals surface area (Å²) < 4.78 is 0. The third-order valence-corrected chi connectivity index (χ3v) is 3.13. The monoisotopic (exact) mass is 249 g/mol. The molecular formula is C13H23N5. The van der Waals surface area contributed by atoms with Gasteiger partial charge in [0.2, 0.25) is 0 Å². The van der Waals surface area contributed by atoms with Crippen LogP contribution in [0.15, 0.2) is 12.4 Å². The summed E-state index contributed by atoms with van der Waals surface area (Å²) in [6.07, 6.45) is 3.87. The van der Waals surface area contributed by atoms with Crippen molar-refractivity contribution in [2.45, 2.75) is 32.7 Å². The number of nitrogens with two attached hydrogens (primary N) is 1. The maximum absolute atomic E-state index is 6.00. The van der Waals surface area contributed by atoms with Crippen molar-refractivity contribution in [2.75, 3.05) is 29.9 Å². The smallest absolute Gasteiger partial charge is 0.134 e. The summed E-state index contributed by atoms with van der Waals surface area (Å²) >= 11 is 0. The lowest BCUT2D eigenvalue weighted by atomic mass is 10.1. The van der Waals surface area contributed by atoms with Crippen LogP contribution in [0.4, 0.5) is 11.6 Å². The SMILES string of the molecule is CC(C)CNc1cc(N2CCCC(N)C2)ncn1. The highest BCUT2D eigenvalue weighted by Crippen LogP contribution is 2.18. The third kappa shape index (κ3) is 3.57. The van der Waals surface area contributed by atoms with Crippen LogP contribution in [0.25, 0.3) is 0 Å². The van der Waals surface area contributed by atoms with E-state index in [1.807, 2.05) is 6.07 Å². The first-order valence-corrected chi connectivity index (χ1v) is 6.71. The molecule has 2 rings (SSSR count). The summed E-state index contributed by atoms with van der Waals surface area (Å²) in [7, 11) is 0. The first-order chi connectivity index (χ1) is 8.65. The Labute approximate surface area is 109 Å². The quantitative estimate of drug-likeness (QED) is 0.846. The fraction of sp³-hybridized carbons (Fsp3) is 0.692. The molecular weight excluding hydrogens is 226 g/mol. The summed E-state index contributed by atoms with van der Waals surface area (Å²) in [4.78, 5) is 10.8. The number of hydrogen-bond acceptors (Lipinski definition) is 5. The van der Waals surface area contributed by atoms with Crippen LogP contribution in [0.1, 0.15) is 26.7 Å². The molecule has 0 spiro atoms. The molecule has 2 heterocycles. The molecule has 0 saturated carbocycles. The van der Waals surface area contributed by atoms with E-state index in [9.17, 15) is 0 Å². The Morgan fingerprint density at radius 3 is 3.06 bits per heavy atom.